The molecule has 0 aliphatic heterocycles. The lowest BCUT2D eigenvalue weighted by molar-refractivity contribution is -0.137. The number of rotatable bonds is 5. The third-order valence-corrected chi connectivity index (χ3v) is 8.24. The molecule has 7 heteroatoms. The summed E-state index contributed by atoms with van der Waals surface area (Å²) in [6, 6.07) is 5.36. The first-order valence-electron chi connectivity index (χ1n) is 10.9. The van der Waals surface area contributed by atoms with E-state index in [9.17, 15) is 13.2 Å². The highest BCUT2D eigenvalue weighted by molar-refractivity contribution is 7.07. The minimum atomic E-state index is -4.28. The van der Waals surface area contributed by atoms with E-state index >= 15 is 0 Å². The summed E-state index contributed by atoms with van der Waals surface area (Å²) in [4.78, 5) is 6.42. The first kappa shape index (κ1) is 20.3. The van der Waals surface area contributed by atoms with Gasteiger partial charge in [-0.3, -0.25) is 4.99 Å². The lowest BCUT2D eigenvalue weighted by atomic mass is 9.53. The van der Waals surface area contributed by atoms with Gasteiger partial charge in [-0.1, -0.05) is 12.1 Å². The summed E-state index contributed by atoms with van der Waals surface area (Å²) < 4.78 is 40.2. The van der Waals surface area contributed by atoms with Crippen LogP contribution in [-0.2, 0) is 26.3 Å². The fourth-order valence-corrected chi connectivity index (χ4v) is 7.22. The van der Waals surface area contributed by atoms with Crippen LogP contribution in [0.3, 0.4) is 0 Å². The molecule has 1 N–H and O–H groups in total. The molecule has 0 radical (unpaired) electrons. The molecule has 30 heavy (non-hydrogen) atoms. The van der Waals surface area contributed by atoms with Gasteiger partial charge in [0.05, 0.1) is 11.1 Å². The molecule has 0 saturated heterocycles. The highest BCUT2D eigenvalue weighted by Gasteiger charge is 2.51. The minimum Gasteiger partial charge on any atom is -0.323 e. The number of nitrogens with one attached hydrogen (secondary N) is 1. The molecule has 0 amide bonds. The minimum absolute atomic E-state index is 0.169. The lowest BCUT2D eigenvalue weighted by Crippen LogP contribution is -2.50. The van der Waals surface area contributed by atoms with Gasteiger partial charge in [0.2, 0.25) is 0 Å². The van der Waals surface area contributed by atoms with Crippen LogP contribution in [0.15, 0.2) is 34.6 Å². The SMILES string of the molecule is Cn1c(CNCc2ccc(C(F)(F)F)cc2)csc1=NC12CC3CC(CC(C3)C1)C2. The van der Waals surface area contributed by atoms with Crippen molar-refractivity contribution in [1.82, 2.24) is 9.88 Å². The summed E-state index contributed by atoms with van der Waals surface area (Å²) >= 11 is 1.71. The normalized spacial score (nSPS) is 30.9. The van der Waals surface area contributed by atoms with Gasteiger partial charge in [0.25, 0.3) is 0 Å². The fraction of sp³-hybridized carbons (Fsp3) is 0.609. The zero-order chi connectivity index (χ0) is 20.9. The van der Waals surface area contributed by atoms with Gasteiger partial charge in [-0.15, -0.1) is 11.3 Å². The van der Waals surface area contributed by atoms with E-state index < -0.39 is 11.7 Å². The smallest absolute Gasteiger partial charge is 0.323 e. The second-order valence-electron chi connectivity index (χ2n) is 9.62. The van der Waals surface area contributed by atoms with Crippen molar-refractivity contribution in [2.75, 3.05) is 0 Å². The molecule has 1 aromatic heterocycles. The van der Waals surface area contributed by atoms with E-state index in [0.717, 1.165) is 45.9 Å². The summed E-state index contributed by atoms with van der Waals surface area (Å²) in [5, 5.41) is 5.50. The van der Waals surface area contributed by atoms with Crippen LogP contribution >= 0.6 is 11.3 Å². The Labute approximate surface area is 179 Å². The van der Waals surface area contributed by atoms with Gasteiger partial charge in [0.15, 0.2) is 4.80 Å². The standard InChI is InChI=1S/C23H28F3N3S/c1-29-20(13-27-12-15-2-4-19(5-3-15)23(24,25)26)14-30-21(29)28-22-9-16-6-17(10-22)8-18(7-16)11-22/h2-5,14,16-18,27H,6-13H2,1H3. The first-order valence-corrected chi connectivity index (χ1v) is 11.7. The van der Waals surface area contributed by atoms with E-state index in [1.807, 2.05) is 0 Å². The number of aromatic nitrogens is 1. The monoisotopic (exact) mass is 435 g/mol. The van der Waals surface area contributed by atoms with Crippen LogP contribution in [-0.4, -0.2) is 10.1 Å². The zero-order valence-corrected chi connectivity index (χ0v) is 18.0. The average Bonchev–Trinajstić information content (AvgIpc) is 3.00. The molecule has 0 spiro atoms. The van der Waals surface area contributed by atoms with Crippen LogP contribution in [0.25, 0.3) is 0 Å². The highest BCUT2D eigenvalue weighted by Crippen LogP contribution is 2.57. The average molecular weight is 436 g/mol. The van der Waals surface area contributed by atoms with Crippen LogP contribution in [0.2, 0.25) is 0 Å². The van der Waals surface area contributed by atoms with E-state index in [1.165, 1.54) is 50.7 Å². The highest BCUT2D eigenvalue weighted by atomic mass is 32.1. The molecule has 1 heterocycles. The summed E-state index contributed by atoms with van der Waals surface area (Å²) in [7, 11) is 2.07. The predicted molar refractivity (Wildman–Crippen MR) is 112 cm³/mol. The summed E-state index contributed by atoms with van der Waals surface area (Å²) in [6.07, 6.45) is 3.77. The van der Waals surface area contributed by atoms with Gasteiger partial charge in [-0.05, 0) is 74.0 Å². The Kier molecular flexibility index (Phi) is 5.09. The molecule has 0 atom stereocenters. The second-order valence-corrected chi connectivity index (χ2v) is 10.5. The quantitative estimate of drug-likeness (QED) is 0.682. The van der Waals surface area contributed by atoms with Gasteiger partial charge in [-0.2, -0.15) is 13.2 Å². The summed E-state index contributed by atoms with van der Waals surface area (Å²) in [5.74, 6) is 2.65. The molecule has 4 aliphatic carbocycles. The third kappa shape index (κ3) is 3.98. The molecule has 0 unspecified atom stereocenters. The Bertz CT molecular complexity index is 936. The Morgan fingerprint density at radius 2 is 1.63 bits per heavy atom. The van der Waals surface area contributed by atoms with E-state index in [-0.39, 0.29) is 5.54 Å². The maximum atomic E-state index is 12.7. The number of thiazole rings is 1. The molecule has 6 rings (SSSR count). The van der Waals surface area contributed by atoms with Gasteiger partial charge in [-0.25, -0.2) is 0 Å². The lowest BCUT2D eigenvalue weighted by Gasteiger charge is -2.54. The molecule has 2 aromatic rings. The largest absolute Gasteiger partial charge is 0.416 e. The Hall–Kier alpha value is -1.60. The third-order valence-electron chi connectivity index (χ3n) is 7.27. The first-order chi connectivity index (χ1) is 14.3. The number of halogens is 3. The number of hydrogen-bond acceptors (Lipinski definition) is 3. The topological polar surface area (TPSA) is 29.3 Å². The number of nitrogens with zero attached hydrogens (tertiary/aromatic N) is 2. The van der Waals surface area contributed by atoms with Crippen molar-refractivity contribution in [2.24, 2.45) is 29.8 Å². The van der Waals surface area contributed by atoms with Crippen molar-refractivity contribution >= 4 is 11.3 Å². The van der Waals surface area contributed by atoms with E-state index in [0.29, 0.717) is 13.1 Å². The van der Waals surface area contributed by atoms with Crippen LogP contribution in [0.4, 0.5) is 13.2 Å². The molecule has 4 fully saturated rings. The molecule has 4 aliphatic rings. The van der Waals surface area contributed by atoms with Crippen molar-refractivity contribution in [1.29, 1.82) is 0 Å². The van der Waals surface area contributed by atoms with Gasteiger partial charge in [0, 0.05) is 31.2 Å². The Balaban J connectivity index is 1.24. The van der Waals surface area contributed by atoms with Crippen molar-refractivity contribution in [2.45, 2.75) is 63.3 Å². The summed E-state index contributed by atoms with van der Waals surface area (Å²) in [6.45, 7) is 1.21. The van der Waals surface area contributed by atoms with Gasteiger partial charge in [0.1, 0.15) is 0 Å². The van der Waals surface area contributed by atoms with Gasteiger partial charge >= 0.3 is 6.18 Å². The number of hydrogen-bond donors (Lipinski definition) is 1. The van der Waals surface area contributed by atoms with Crippen LogP contribution < -0.4 is 10.1 Å². The van der Waals surface area contributed by atoms with Crippen molar-refractivity contribution < 1.29 is 13.2 Å². The van der Waals surface area contributed by atoms with Crippen LogP contribution in [0.5, 0.6) is 0 Å². The Morgan fingerprint density at radius 1 is 1.03 bits per heavy atom. The molecular weight excluding hydrogens is 407 g/mol. The molecule has 4 saturated carbocycles. The molecule has 3 nitrogen and oxygen atoms in total. The van der Waals surface area contributed by atoms with Crippen molar-refractivity contribution in [3.05, 3.63) is 51.3 Å². The van der Waals surface area contributed by atoms with Crippen LogP contribution in [0, 0.1) is 17.8 Å². The predicted octanol–water partition coefficient (Wildman–Crippen LogP) is 5.26. The molecule has 1 aromatic carbocycles. The number of alkyl halides is 3. The number of benzene rings is 1. The Morgan fingerprint density at radius 3 is 2.20 bits per heavy atom. The molecular formula is C23H28F3N3S. The second kappa shape index (κ2) is 7.52. The van der Waals surface area contributed by atoms with E-state index in [4.69, 9.17) is 4.99 Å². The summed E-state index contributed by atoms with van der Waals surface area (Å²) in [5.41, 5.74) is 1.57. The maximum absolute atomic E-state index is 12.7. The van der Waals surface area contributed by atoms with Crippen molar-refractivity contribution in [3.8, 4) is 0 Å². The zero-order valence-electron chi connectivity index (χ0n) is 17.2. The van der Waals surface area contributed by atoms with Crippen LogP contribution in [0.1, 0.15) is 55.3 Å². The maximum Gasteiger partial charge on any atom is 0.416 e. The van der Waals surface area contributed by atoms with E-state index in [1.54, 1.807) is 11.3 Å². The van der Waals surface area contributed by atoms with E-state index in [2.05, 4.69) is 22.3 Å². The molecule has 162 valence electrons. The fourth-order valence-electron chi connectivity index (χ4n) is 6.21. The molecule has 4 bridgehead atoms. The van der Waals surface area contributed by atoms with Crippen molar-refractivity contribution in [3.63, 3.8) is 0 Å². The van der Waals surface area contributed by atoms with Gasteiger partial charge < -0.3 is 9.88 Å².